The molecule has 5 nitrogen and oxygen atoms in total. The highest BCUT2D eigenvalue weighted by molar-refractivity contribution is 5.29. The Balaban J connectivity index is 2.95. The molecule has 0 spiro atoms. The van der Waals surface area contributed by atoms with Crippen molar-refractivity contribution in [2.45, 2.75) is 19.8 Å². The second-order valence-electron chi connectivity index (χ2n) is 3.91. The first kappa shape index (κ1) is 11.4. The molecular weight excluding hydrogens is 232 g/mol. The third-order valence-electron chi connectivity index (χ3n) is 2.39. The minimum absolute atomic E-state index is 0.179. The smallest absolute Gasteiger partial charge is 0.289 e. The highest BCUT2D eigenvalue weighted by Crippen LogP contribution is 2.10. The van der Waals surface area contributed by atoms with Gasteiger partial charge in [-0.05, 0) is 5.92 Å². The molecule has 0 aromatic carbocycles. The lowest BCUT2D eigenvalue weighted by molar-refractivity contribution is 0.453. The van der Waals surface area contributed by atoms with Crippen LogP contribution in [0, 0.1) is 11.8 Å². The van der Waals surface area contributed by atoms with Crippen molar-refractivity contribution in [1.29, 1.82) is 0 Å². The van der Waals surface area contributed by atoms with Crippen LogP contribution < -0.4 is 11.1 Å². The van der Waals surface area contributed by atoms with Gasteiger partial charge in [0.15, 0.2) is 0 Å². The fourth-order valence-electron chi connectivity index (χ4n) is 1.46. The molecule has 2 rings (SSSR count). The Kier molecular flexibility index (Phi) is 2.53. The van der Waals surface area contributed by atoms with E-state index < -0.39 is 22.9 Å². The van der Waals surface area contributed by atoms with Crippen molar-refractivity contribution in [2.24, 2.45) is 0 Å². The number of hydrogen-bond acceptors (Lipinski definition) is 3. The van der Waals surface area contributed by atoms with Crippen molar-refractivity contribution in [2.75, 3.05) is 0 Å². The van der Waals surface area contributed by atoms with Gasteiger partial charge in [-0.3, -0.25) is 19.0 Å². The van der Waals surface area contributed by atoms with E-state index in [9.17, 15) is 18.4 Å². The minimum atomic E-state index is -1.53. The molecule has 0 amide bonds. The van der Waals surface area contributed by atoms with Crippen molar-refractivity contribution in [3.05, 3.63) is 44.2 Å². The lowest BCUT2D eigenvalue weighted by Crippen LogP contribution is -2.24. The third kappa shape index (κ3) is 1.73. The van der Waals surface area contributed by atoms with E-state index >= 15 is 0 Å². The summed E-state index contributed by atoms with van der Waals surface area (Å²) in [5.41, 5.74) is -1.57. The van der Waals surface area contributed by atoms with Gasteiger partial charge in [-0.1, -0.05) is 13.8 Å². The van der Waals surface area contributed by atoms with Crippen LogP contribution in [0.3, 0.4) is 0 Å². The van der Waals surface area contributed by atoms with Gasteiger partial charge in [0.2, 0.25) is 17.5 Å². The van der Waals surface area contributed by atoms with E-state index in [1.54, 1.807) is 13.8 Å². The van der Waals surface area contributed by atoms with Gasteiger partial charge in [0, 0.05) is 11.8 Å². The van der Waals surface area contributed by atoms with Crippen LogP contribution in [0.5, 0.6) is 0 Å². The van der Waals surface area contributed by atoms with E-state index in [0.717, 1.165) is 6.20 Å². The first-order chi connectivity index (χ1) is 7.91. The summed E-state index contributed by atoms with van der Waals surface area (Å²) in [7, 11) is 0. The minimum Gasteiger partial charge on any atom is -0.289 e. The Morgan fingerprint density at radius 3 is 2.59 bits per heavy atom. The first-order valence-electron chi connectivity index (χ1n) is 4.92. The maximum Gasteiger partial charge on any atom is 0.291 e. The molecule has 7 heteroatoms. The standard InChI is InChI=1S/C10H9F2N3O2/c1-4(2)5-3-15-7(12)6(11)9(17)14-10(15)13-8(5)16/h3-4H,1-2H3,(H,13,14,16,17). The van der Waals surface area contributed by atoms with Crippen LogP contribution in [-0.2, 0) is 0 Å². The molecule has 17 heavy (non-hydrogen) atoms. The van der Waals surface area contributed by atoms with Crippen LogP contribution in [0.2, 0.25) is 0 Å². The predicted octanol–water partition coefficient (Wildman–Crippen LogP) is 0.784. The molecule has 2 heterocycles. The van der Waals surface area contributed by atoms with Crippen LogP contribution >= 0.6 is 0 Å². The van der Waals surface area contributed by atoms with Gasteiger partial charge in [0.25, 0.3) is 11.1 Å². The Hall–Kier alpha value is -2.05. The summed E-state index contributed by atoms with van der Waals surface area (Å²) in [6.45, 7) is 3.45. The van der Waals surface area contributed by atoms with E-state index in [0.29, 0.717) is 4.40 Å². The number of halogens is 2. The van der Waals surface area contributed by atoms with Gasteiger partial charge >= 0.3 is 0 Å². The fourth-order valence-corrected chi connectivity index (χ4v) is 1.46. The lowest BCUT2D eigenvalue weighted by Gasteiger charge is -2.07. The molecule has 2 aromatic heterocycles. The van der Waals surface area contributed by atoms with Gasteiger partial charge < -0.3 is 0 Å². The second kappa shape index (κ2) is 3.76. The number of aromatic amines is 1. The van der Waals surface area contributed by atoms with Crippen LogP contribution in [-0.4, -0.2) is 14.4 Å². The van der Waals surface area contributed by atoms with Crippen molar-refractivity contribution < 1.29 is 8.78 Å². The van der Waals surface area contributed by atoms with Gasteiger partial charge in [-0.15, -0.1) is 0 Å². The van der Waals surface area contributed by atoms with Crippen LogP contribution in [0.4, 0.5) is 8.78 Å². The summed E-state index contributed by atoms with van der Waals surface area (Å²) in [5, 5.41) is 0. The summed E-state index contributed by atoms with van der Waals surface area (Å²) in [5.74, 6) is -3.39. The zero-order chi connectivity index (χ0) is 12.7. The molecule has 0 fully saturated rings. The Morgan fingerprint density at radius 1 is 1.35 bits per heavy atom. The normalized spacial score (nSPS) is 11.4. The molecule has 2 aromatic rings. The Bertz CT molecular complexity index is 703. The zero-order valence-electron chi connectivity index (χ0n) is 9.12. The van der Waals surface area contributed by atoms with E-state index in [4.69, 9.17) is 0 Å². The highest BCUT2D eigenvalue weighted by atomic mass is 19.2. The predicted molar refractivity (Wildman–Crippen MR) is 56.1 cm³/mol. The van der Waals surface area contributed by atoms with Crippen LogP contribution in [0.1, 0.15) is 25.3 Å². The quantitative estimate of drug-likeness (QED) is 0.750. The largest absolute Gasteiger partial charge is 0.291 e. The zero-order valence-corrected chi connectivity index (χ0v) is 9.12. The summed E-state index contributed by atoms with van der Waals surface area (Å²) in [6, 6.07) is 0. The van der Waals surface area contributed by atoms with Gasteiger partial charge in [-0.2, -0.15) is 13.8 Å². The topological polar surface area (TPSA) is 67.2 Å². The molecule has 0 bridgehead atoms. The Morgan fingerprint density at radius 2 is 2.00 bits per heavy atom. The summed E-state index contributed by atoms with van der Waals surface area (Å²) in [6.07, 6.45) is 1.14. The number of nitrogens with zero attached hydrogens (tertiary/aromatic N) is 2. The highest BCUT2D eigenvalue weighted by Gasteiger charge is 2.15. The van der Waals surface area contributed by atoms with Crippen molar-refractivity contribution in [1.82, 2.24) is 14.4 Å². The summed E-state index contributed by atoms with van der Waals surface area (Å²) < 4.78 is 27.2. The second-order valence-corrected chi connectivity index (χ2v) is 3.91. The molecule has 0 saturated heterocycles. The summed E-state index contributed by atoms with van der Waals surface area (Å²) >= 11 is 0. The SMILES string of the molecule is CC(C)c1cn2c(F)c(F)c(=O)[nH]c2nc1=O. The molecule has 0 aliphatic heterocycles. The van der Waals surface area contributed by atoms with Crippen molar-refractivity contribution in [3.8, 4) is 0 Å². The molecule has 0 aliphatic rings. The molecule has 0 atom stereocenters. The molecule has 1 N–H and O–H groups in total. The number of H-pyrrole nitrogens is 1. The molecule has 0 aliphatic carbocycles. The number of nitrogens with one attached hydrogen (secondary N) is 1. The van der Waals surface area contributed by atoms with E-state index in [1.165, 1.54) is 0 Å². The monoisotopic (exact) mass is 241 g/mol. The average molecular weight is 241 g/mol. The van der Waals surface area contributed by atoms with Crippen LogP contribution in [0.15, 0.2) is 15.8 Å². The summed E-state index contributed by atoms with van der Waals surface area (Å²) in [4.78, 5) is 28.0. The van der Waals surface area contributed by atoms with Gasteiger partial charge in [-0.25, -0.2) is 0 Å². The molecule has 0 unspecified atom stereocenters. The van der Waals surface area contributed by atoms with E-state index in [-0.39, 0.29) is 17.3 Å². The maximum absolute atomic E-state index is 13.5. The Labute approximate surface area is 93.7 Å². The molecule has 0 radical (unpaired) electrons. The van der Waals surface area contributed by atoms with Gasteiger partial charge in [0.05, 0.1) is 0 Å². The number of aromatic nitrogens is 3. The van der Waals surface area contributed by atoms with Crippen molar-refractivity contribution >= 4 is 5.78 Å². The number of fused-ring (bicyclic) bond motifs is 1. The van der Waals surface area contributed by atoms with E-state index in [1.807, 2.05) is 4.98 Å². The fraction of sp³-hybridized carbons (Fsp3) is 0.300. The van der Waals surface area contributed by atoms with Gasteiger partial charge in [0.1, 0.15) is 0 Å². The van der Waals surface area contributed by atoms with Crippen molar-refractivity contribution in [3.63, 3.8) is 0 Å². The van der Waals surface area contributed by atoms with E-state index in [2.05, 4.69) is 4.98 Å². The van der Waals surface area contributed by atoms with Crippen LogP contribution in [0.25, 0.3) is 5.78 Å². The first-order valence-corrected chi connectivity index (χ1v) is 4.92. The molecular formula is C10H9F2N3O2. The number of hydrogen-bond donors (Lipinski definition) is 1. The lowest BCUT2D eigenvalue weighted by atomic mass is 10.1. The number of rotatable bonds is 1. The molecule has 90 valence electrons. The maximum atomic E-state index is 13.5. The third-order valence-corrected chi connectivity index (χ3v) is 2.39. The average Bonchev–Trinajstić information content (AvgIpc) is 2.25. The molecule has 0 saturated carbocycles.